The van der Waals surface area contributed by atoms with Crippen LogP contribution in [0.3, 0.4) is 0 Å². The van der Waals surface area contributed by atoms with Crippen molar-refractivity contribution in [3.8, 4) is 5.75 Å². The Morgan fingerprint density at radius 1 is 1.38 bits per heavy atom. The minimum absolute atomic E-state index is 0.0991. The lowest BCUT2D eigenvalue weighted by atomic mass is 10.0. The molecule has 2 fully saturated rings. The van der Waals surface area contributed by atoms with Crippen LogP contribution in [0.4, 0.5) is 10.5 Å². The van der Waals surface area contributed by atoms with E-state index in [0.717, 1.165) is 54.7 Å². The van der Waals surface area contributed by atoms with E-state index >= 15 is 0 Å². The molecule has 0 radical (unpaired) electrons. The number of carbonyl (C=O) groups excluding carboxylic acids is 2. The molecular weight excluding hydrogens is 354 g/mol. The number of nitrogens with zero attached hydrogens (tertiary/aromatic N) is 1. The number of ether oxygens (including phenoxy) is 2. The molecule has 0 unspecified atom stereocenters. The van der Waals surface area contributed by atoms with Crippen LogP contribution < -0.4 is 20.7 Å². The second-order valence-corrected chi connectivity index (χ2v) is 7.25. The summed E-state index contributed by atoms with van der Waals surface area (Å²) in [6.45, 7) is 2.50. The summed E-state index contributed by atoms with van der Waals surface area (Å²) in [4.78, 5) is 25.9. The van der Waals surface area contributed by atoms with Crippen molar-refractivity contribution < 1.29 is 19.1 Å². The van der Waals surface area contributed by atoms with Gasteiger partial charge in [0.25, 0.3) is 11.1 Å². The number of para-hydroxylation sites is 1. The van der Waals surface area contributed by atoms with Gasteiger partial charge in [0.2, 0.25) is 0 Å². The molecule has 0 spiro atoms. The molecule has 3 N–H and O–H groups in total. The number of benzene rings is 1. The van der Waals surface area contributed by atoms with Crippen LogP contribution in [0, 0.1) is 0 Å². The van der Waals surface area contributed by atoms with Gasteiger partial charge in [0.05, 0.1) is 17.2 Å². The SMILES string of the molecule is COCCOc1cccc(/C=C2\SC(=O)NC2=O)c1N1CCC[C@@H](N)C1. The Balaban J connectivity index is 1.97. The molecule has 2 aliphatic rings. The van der Waals surface area contributed by atoms with Gasteiger partial charge in [-0.2, -0.15) is 0 Å². The molecule has 0 aliphatic carbocycles. The number of imide groups is 1. The van der Waals surface area contributed by atoms with E-state index in [0.29, 0.717) is 18.1 Å². The molecule has 0 aromatic heterocycles. The van der Waals surface area contributed by atoms with Gasteiger partial charge in [-0.15, -0.1) is 0 Å². The van der Waals surface area contributed by atoms with E-state index in [1.54, 1.807) is 13.2 Å². The van der Waals surface area contributed by atoms with Crippen LogP contribution in [-0.4, -0.2) is 50.6 Å². The van der Waals surface area contributed by atoms with Crippen molar-refractivity contribution in [1.29, 1.82) is 0 Å². The highest BCUT2D eigenvalue weighted by atomic mass is 32.2. The molecule has 1 atom stereocenters. The largest absolute Gasteiger partial charge is 0.489 e. The van der Waals surface area contributed by atoms with Crippen LogP contribution in [0.25, 0.3) is 6.08 Å². The maximum Gasteiger partial charge on any atom is 0.290 e. The zero-order valence-electron chi connectivity index (χ0n) is 14.7. The Kier molecular flexibility index (Phi) is 6.18. The van der Waals surface area contributed by atoms with Crippen LogP contribution >= 0.6 is 11.8 Å². The van der Waals surface area contributed by atoms with E-state index in [4.69, 9.17) is 15.2 Å². The first-order chi connectivity index (χ1) is 12.6. The average Bonchev–Trinajstić information content (AvgIpc) is 2.92. The number of nitrogens with two attached hydrogens (primary N) is 1. The van der Waals surface area contributed by atoms with Crippen molar-refractivity contribution >= 4 is 34.7 Å². The zero-order chi connectivity index (χ0) is 18.5. The highest BCUT2D eigenvalue weighted by Crippen LogP contribution is 2.37. The molecular formula is C18H23N3O4S. The Bertz CT molecular complexity index is 722. The smallest absolute Gasteiger partial charge is 0.290 e. The quantitative estimate of drug-likeness (QED) is 0.578. The number of rotatable bonds is 6. The molecule has 26 heavy (non-hydrogen) atoms. The van der Waals surface area contributed by atoms with Crippen molar-refractivity contribution in [1.82, 2.24) is 5.32 Å². The molecule has 2 amide bonds. The highest BCUT2D eigenvalue weighted by molar-refractivity contribution is 8.18. The van der Waals surface area contributed by atoms with Gasteiger partial charge in [0.15, 0.2) is 0 Å². The molecule has 7 nitrogen and oxygen atoms in total. The van der Waals surface area contributed by atoms with Gasteiger partial charge in [-0.3, -0.25) is 14.9 Å². The summed E-state index contributed by atoms with van der Waals surface area (Å²) in [7, 11) is 1.63. The number of methoxy groups -OCH3 is 1. The Morgan fingerprint density at radius 3 is 2.92 bits per heavy atom. The number of anilines is 1. The number of hydrogen-bond acceptors (Lipinski definition) is 7. The van der Waals surface area contributed by atoms with Crippen LogP contribution in [0.5, 0.6) is 5.75 Å². The number of piperidine rings is 1. The topological polar surface area (TPSA) is 93.9 Å². The van der Waals surface area contributed by atoms with Gasteiger partial charge in [-0.1, -0.05) is 12.1 Å². The number of carbonyl (C=O) groups is 2. The van der Waals surface area contributed by atoms with Gasteiger partial charge in [0, 0.05) is 31.8 Å². The molecule has 3 rings (SSSR count). The standard InChI is InChI=1S/C18H23N3O4S/c1-24-8-9-25-14-6-2-4-12(10-15-17(22)20-18(23)26-15)16(14)21-7-3-5-13(19)11-21/h2,4,6,10,13H,3,5,7-9,11,19H2,1H3,(H,20,22,23)/b15-10-/t13-/m1/s1. The lowest BCUT2D eigenvalue weighted by Gasteiger charge is -2.34. The lowest BCUT2D eigenvalue weighted by Crippen LogP contribution is -2.43. The summed E-state index contributed by atoms with van der Waals surface area (Å²) in [5.41, 5.74) is 7.89. The normalized spacial score (nSPS) is 22.0. The van der Waals surface area contributed by atoms with Crippen LogP contribution in [-0.2, 0) is 9.53 Å². The Labute approximate surface area is 156 Å². The summed E-state index contributed by atoms with van der Waals surface area (Å²) in [6.07, 6.45) is 3.73. The first kappa shape index (κ1) is 18.8. The fourth-order valence-electron chi connectivity index (χ4n) is 3.12. The van der Waals surface area contributed by atoms with Crippen LogP contribution in [0.15, 0.2) is 23.1 Å². The lowest BCUT2D eigenvalue weighted by molar-refractivity contribution is -0.115. The first-order valence-corrected chi connectivity index (χ1v) is 9.40. The first-order valence-electron chi connectivity index (χ1n) is 8.58. The average molecular weight is 377 g/mol. The summed E-state index contributed by atoms with van der Waals surface area (Å²) in [5.74, 6) is 0.354. The minimum atomic E-state index is -0.369. The second kappa shape index (κ2) is 8.57. The van der Waals surface area contributed by atoms with E-state index < -0.39 is 0 Å². The predicted molar refractivity (Wildman–Crippen MR) is 102 cm³/mol. The molecule has 0 saturated carbocycles. The van der Waals surface area contributed by atoms with E-state index in [1.165, 1.54) is 0 Å². The van der Waals surface area contributed by atoms with Crippen molar-refractivity contribution in [3.05, 3.63) is 28.7 Å². The van der Waals surface area contributed by atoms with Gasteiger partial charge in [-0.05, 0) is 36.7 Å². The van der Waals surface area contributed by atoms with Crippen LogP contribution in [0.1, 0.15) is 18.4 Å². The van der Waals surface area contributed by atoms with E-state index in [9.17, 15) is 9.59 Å². The van der Waals surface area contributed by atoms with Gasteiger partial charge >= 0.3 is 0 Å². The summed E-state index contributed by atoms with van der Waals surface area (Å²) >= 11 is 0.909. The van der Waals surface area contributed by atoms with E-state index in [1.807, 2.05) is 18.2 Å². The number of amides is 2. The monoisotopic (exact) mass is 377 g/mol. The van der Waals surface area contributed by atoms with Crippen molar-refractivity contribution in [2.75, 3.05) is 38.3 Å². The molecule has 1 aromatic rings. The third-order valence-electron chi connectivity index (χ3n) is 4.28. The highest BCUT2D eigenvalue weighted by Gasteiger charge is 2.27. The minimum Gasteiger partial charge on any atom is -0.489 e. The fourth-order valence-corrected chi connectivity index (χ4v) is 3.79. The number of hydrogen-bond donors (Lipinski definition) is 2. The summed E-state index contributed by atoms with van der Waals surface area (Å²) < 4.78 is 11.0. The number of nitrogens with one attached hydrogen (secondary N) is 1. The molecule has 1 aromatic carbocycles. The molecule has 2 heterocycles. The molecule has 8 heteroatoms. The van der Waals surface area contributed by atoms with Crippen LogP contribution in [0.2, 0.25) is 0 Å². The predicted octanol–water partition coefficient (Wildman–Crippen LogP) is 1.96. The molecule has 2 aliphatic heterocycles. The van der Waals surface area contributed by atoms with E-state index in [2.05, 4.69) is 10.2 Å². The third-order valence-corrected chi connectivity index (χ3v) is 5.09. The van der Waals surface area contributed by atoms with Gasteiger partial charge in [0.1, 0.15) is 12.4 Å². The van der Waals surface area contributed by atoms with E-state index in [-0.39, 0.29) is 17.2 Å². The Hall–Kier alpha value is -2.03. The molecule has 140 valence electrons. The summed E-state index contributed by atoms with van der Waals surface area (Å²) in [5, 5.41) is 1.93. The zero-order valence-corrected chi connectivity index (χ0v) is 15.5. The molecule has 2 saturated heterocycles. The summed E-state index contributed by atoms with van der Waals surface area (Å²) in [6, 6.07) is 5.80. The van der Waals surface area contributed by atoms with Crippen molar-refractivity contribution in [3.63, 3.8) is 0 Å². The van der Waals surface area contributed by atoms with Crippen molar-refractivity contribution in [2.45, 2.75) is 18.9 Å². The fraction of sp³-hybridized carbons (Fsp3) is 0.444. The molecule has 0 bridgehead atoms. The van der Waals surface area contributed by atoms with Gasteiger partial charge < -0.3 is 20.1 Å². The second-order valence-electron chi connectivity index (χ2n) is 6.24. The Morgan fingerprint density at radius 2 is 2.23 bits per heavy atom. The number of thioether (sulfide) groups is 1. The van der Waals surface area contributed by atoms with Crippen molar-refractivity contribution in [2.24, 2.45) is 5.73 Å². The maximum atomic E-state index is 11.9. The maximum absolute atomic E-state index is 11.9. The third kappa shape index (κ3) is 4.38. The van der Waals surface area contributed by atoms with Gasteiger partial charge in [-0.25, -0.2) is 0 Å².